The Kier molecular flexibility index (Phi) is 3.68. The van der Waals surface area contributed by atoms with Crippen LogP contribution in [0.2, 0.25) is 0 Å². The van der Waals surface area contributed by atoms with Crippen molar-refractivity contribution in [1.82, 2.24) is 0 Å². The van der Waals surface area contributed by atoms with E-state index in [-0.39, 0.29) is 5.69 Å². The van der Waals surface area contributed by atoms with Gasteiger partial charge in [0, 0.05) is 16.4 Å². The lowest BCUT2D eigenvalue weighted by molar-refractivity contribution is -0.167. The summed E-state index contributed by atoms with van der Waals surface area (Å²) in [5.74, 6) is -2.19. The highest BCUT2D eigenvalue weighted by Crippen LogP contribution is 2.21. The Morgan fingerprint density at radius 1 is 1.29 bits per heavy atom. The van der Waals surface area contributed by atoms with E-state index >= 15 is 0 Å². The molecule has 0 spiro atoms. The number of benzene rings is 1. The van der Waals surface area contributed by atoms with Gasteiger partial charge >= 0.3 is 12.1 Å². The molecule has 0 saturated carbocycles. The smallest absolute Gasteiger partial charge is 0.318 e. The van der Waals surface area contributed by atoms with E-state index < -0.39 is 26.0 Å². The summed E-state index contributed by atoms with van der Waals surface area (Å²) in [6.07, 6.45) is -5.05. The molecule has 0 saturated heterocycles. The van der Waals surface area contributed by atoms with Crippen LogP contribution in [-0.4, -0.2) is 20.5 Å². The van der Waals surface area contributed by atoms with Crippen LogP contribution in [-0.2, 0) is 13.8 Å². The molecule has 0 radical (unpaired) electrons. The molecule has 94 valence electrons. The standard InChI is InChI=1S/C8H5ClF3NO3S/c9-17(15,16)6-3-1-2-5(4-6)13-7(14)8(10,11)12/h1-4H,(H,13,14). The van der Waals surface area contributed by atoms with Crippen molar-refractivity contribution in [2.45, 2.75) is 11.1 Å². The van der Waals surface area contributed by atoms with E-state index in [0.717, 1.165) is 24.3 Å². The molecule has 0 fully saturated rings. The van der Waals surface area contributed by atoms with Crippen LogP contribution >= 0.6 is 10.7 Å². The molecule has 0 aliphatic rings. The van der Waals surface area contributed by atoms with Gasteiger partial charge in [0.2, 0.25) is 0 Å². The summed E-state index contributed by atoms with van der Waals surface area (Å²) in [6.45, 7) is 0. The van der Waals surface area contributed by atoms with E-state index in [9.17, 15) is 26.4 Å². The first-order valence-corrected chi connectivity index (χ1v) is 6.34. The summed E-state index contributed by atoms with van der Waals surface area (Å²) < 4.78 is 57.5. The first-order chi connectivity index (χ1) is 7.60. The second kappa shape index (κ2) is 4.53. The third kappa shape index (κ3) is 3.90. The molecular formula is C8H5ClF3NO3S. The molecule has 1 amide bonds. The highest BCUT2D eigenvalue weighted by Gasteiger charge is 2.38. The maximum atomic E-state index is 11.9. The van der Waals surface area contributed by atoms with Gasteiger partial charge in [-0.25, -0.2) is 8.42 Å². The van der Waals surface area contributed by atoms with Crippen molar-refractivity contribution in [3.8, 4) is 0 Å². The molecule has 0 heterocycles. The van der Waals surface area contributed by atoms with Gasteiger partial charge in [0.15, 0.2) is 0 Å². The van der Waals surface area contributed by atoms with Crippen LogP contribution in [0.3, 0.4) is 0 Å². The molecule has 0 aromatic heterocycles. The Balaban J connectivity index is 2.99. The van der Waals surface area contributed by atoms with Gasteiger partial charge in [-0.1, -0.05) is 6.07 Å². The number of amides is 1. The van der Waals surface area contributed by atoms with Crippen molar-refractivity contribution < 1.29 is 26.4 Å². The quantitative estimate of drug-likeness (QED) is 0.848. The van der Waals surface area contributed by atoms with Crippen molar-refractivity contribution >= 4 is 31.3 Å². The van der Waals surface area contributed by atoms with E-state index in [1.165, 1.54) is 5.32 Å². The molecule has 1 aromatic rings. The predicted molar refractivity (Wildman–Crippen MR) is 54.2 cm³/mol. The van der Waals surface area contributed by atoms with Crippen LogP contribution in [0.25, 0.3) is 0 Å². The topological polar surface area (TPSA) is 63.2 Å². The maximum Gasteiger partial charge on any atom is 0.471 e. The zero-order valence-electron chi connectivity index (χ0n) is 7.95. The van der Waals surface area contributed by atoms with Crippen molar-refractivity contribution in [2.24, 2.45) is 0 Å². The number of rotatable bonds is 2. The van der Waals surface area contributed by atoms with E-state index in [4.69, 9.17) is 10.7 Å². The van der Waals surface area contributed by atoms with Gasteiger partial charge in [-0.2, -0.15) is 13.2 Å². The van der Waals surface area contributed by atoms with Crippen LogP contribution in [0.15, 0.2) is 29.2 Å². The molecule has 1 aromatic carbocycles. The highest BCUT2D eigenvalue weighted by molar-refractivity contribution is 8.13. The van der Waals surface area contributed by atoms with Gasteiger partial charge in [-0.05, 0) is 18.2 Å². The maximum absolute atomic E-state index is 11.9. The first kappa shape index (κ1) is 13.8. The lowest BCUT2D eigenvalue weighted by Gasteiger charge is -2.08. The molecule has 0 aliphatic carbocycles. The Bertz CT molecular complexity index is 541. The van der Waals surface area contributed by atoms with Gasteiger partial charge in [0.05, 0.1) is 4.90 Å². The average molecular weight is 288 g/mol. The SMILES string of the molecule is O=C(Nc1cccc(S(=O)(=O)Cl)c1)C(F)(F)F. The zero-order valence-corrected chi connectivity index (χ0v) is 9.53. The molecule has 0 bridgehead atoms. The molecule has 1 N–H and O–H groups in total. The Morgan fingerprint density at radius 3 is 2.35 bits per heavy atom. The Hall–Kier alpha value is -1.28. The van der Waals surface area contributed by atoms with E-state index in [1.54, 1.807) is 0 Å². The summed E-state index contributed by atoms with van der Waals surface area (Å²) in [5, 5.41) is 1.51. The van der Waals surface area contributed by atoms with Crippen LogP contribution in [0.4, 0.5) is 18.9 Å². The molecule has 1 rings (SSSR count). The van der Waals surface area contributed by atoms with Gasteiger partial charge in [-0.15, -0.1) is 0 Å². The molecule has 0 atom stereocenters. The number of hydrogen-bond acceptors (Lipinski definition) is 3. The second-order valence-electron chi connectivity index (χ2n) is 2.92. The van der Waals surface area contributed by atoms with Crippen LogP contribution in [0, 0.1) is 0 Å². The summed E-state index contributed by atoms with van der Waals surface area (Å²) in [5.41, 5.74) is -0.311. The van der Waals surface area contributed by atoms with E-state index in [1.807, 2.05) is 0 Å². The summed E-state index contributed by atoms with van der Waals surface area (Å²) >= 11 is 0. The lowest BCUT2D eigenvalue weighted by Crippen LogP contribution is -2.29. The normalized spacial score (nSPS) is 12.2. The minimum Gasteiger partial charge on any atom is -0.318 e. The number of nitrogens with one attached hydrogen (secondary N) is 1. The fraction of sp³-hybridized carbons (Fsp3) is 0.125. The predicted octanol–water partition coefficient (Wildman–Crippen LogP) is 2.11. The molecular weight excluding hydrogens is 283 g/mol. The molecule has 4 nitrogen and oxygen atoms in total. The number of carbonyl (C=O) groups excluding carboxylic acids is 1. The van der Waals surface area contributed by atoms with Gasteiger partial charge < -0.3 is 5.32 Å². The minimum absolute atomic E-state index is 0.311. The number of halogens is 4. The van der Waals surface area contributed by atoms with Crippen LogP contribution < -0.4 is 5.32 Å². The highest BCUT2D eigenvalue weighted by atomic mass is 35.7. The van der Waals surface area contributed by atoms with Crippen molar-refractivity contribution in [2.75, 3.05) is 5.32 Å². The molecule has 17 heavy (non-hydrogen) atoms. The summed E-state index contributed by atoms with van der Waals surface area (Å²) in [6, 6.07) is 4.17. The van der Waals surface area contributed by atoms with Crippen LogP contribution in [0.1, 0.15) is 0 Å². The fourth-order valence-electron chi connectivity index (χ4n) is 0.927. The van der Waals surface area contributed by atoms with E-state index in [2.05, 4.69) is 0 Å². The minimum atomic E-state index is -5.05. The second-order valence-corrected chi connectivity index (χ2v) is 5.48. The third-order valence-corrected chi connectivity index (χ3v) is 2.98. The number of anilines is 1. The summed E-state index contributed by atoms with van der Waals surface area (Å²) in [7, 11) is 0.937. The number of hydrogen-bond donors (Lipinski definition) is 1. The summed E-state index contributed by atoms with van der Waals surface area (Å²) in [4.78, 5) is 10.2. The number of alkyl halides is 3. The van der Waals surface area contributed by atoms with Crippen molar-refractivity contribution in [1.29, 1.82) is 0 Å². The van der Waals surface area contributed by atoms with Gasteiger partial charge in [0.25, 0.3) is 9.05 Å². The molecule has 0 aliphatic heterocycles. The van der Waals surface area contributed by atoms with Crippen molar-refractivity contribution in [3.63, 3.8) is 0 Å². The molecule has 0 unspecified atom stereocenters. The average Bonchev–Trinajstić information content (AvgIpc) is 2.15. The largest absolute Gasteiger partial charge is 0.471 e. The molecule has 9 heteroatoms. The Morgan fingerprint density at radius 2 is 1.88 bits per heavy atom. The van der Waals surface area contributed by atoms with E-state index in [0.29, 0.717) is 0 Å². The third-order valence-electron chi connectivity index (χ3n) is 1.63. The monoisotopic (exact) mass is 287 g/mol. The van der Waals surface area contributed by atoms with Gasteiger partial charge in [0.1, 0.15) is 0 Å². The zero-order chi connectivity index (χ0) is 13.3. The lowest BCUT2D eigenvalue weighted by atomic mass is 10.3. The van der Waals surface area contributed by atoms with Gasteiger partial charge in [-0.3, -0.25) is 4.79 Å². The fourth-order valence-corrected chi connectivity index (χ4v) is 1.72. The van der Waals surface area contributed by atoms with Crippen molar-refractivity contribution in [3.05, 3.63) is 24.3 Å². The Labute approximate surface area is 98.8 Å². The van der Waals surface area contributed by atoms with Crippen LogP contribution in [0.5, 0.6) is 0 Å². The first-order valence-electron chi connectivity index (χ1n) is 4.03. The number of carbonyl (C=O) groups is 1.